The monoisotopic (exact) mass is 246 g/mol. The molecule has 3 rings (SSSR count). The van der Waals surface area contributed by atoms with Gasteiger partial charge in [0.05, 0.1) is 6.54 Å². The third kappa shape index (κ3) is 1.75. The zero-order chi connectivity index (χ0) is 12.7. The molecule has 0 spiro atoms. The molecule has 0 radical (unpaired) electrons. The Bertz CT molecular complexity index is 607. The number of anilines is 1. The standard InChI is InChI=1S/C12H14N4O2/c1-15-4-5-16(12(15)17)7-11-14-9-3-2-8(13)6-10(9)18-11/h2-3,6H,4-5,7,13H2,1H3. The first-order valence-electron chi connectivity index (χ1n) is 5.78. The van der Waals surface area contributed by atoms with Crippen LogP contribution in [0.15, 0.2) is 22.6 Å². The fourth-order valence-corrected chi connectivity index (χ4v) is 2.07. The number of carbonyl (C=O) groups excluding carboxylic acids is 1. The summed E-state index contributed by atoms with van der Waals surface area (Å²) in [5.74, 6) is 0.541. The van der Waals surface area contributed by atoms with E-state index in [9.17, 15) is 4.79 Å². The molecule has 1 fully saturated rings. The highest BCUT2D eigenvalue weighted by atomic mass is 16.3. The van der Waals surface area contributed by atoms with Crippen LogP contribution in [0.5, 0.6) is 0 Å². The van der Waals surface area contributed by atoms with E-state index in [1.807, 2.05) is 6.07 Å². The van der Waals surface area contributed by atoms with Gasteiger partial charge in [-0.1, -0.05) is 0 Å². The van der Waals surface area contributed by atoms with Gasteiger partial charge in [-0.3, -0.25) is 0 Å². The Kier molecular flexibility index (Phi) is 2.36. The van der Waals surface area contributed by atoms with Crippen LogP contribution in [-0.4, -0.2) is 41.0 Å². The number of amides is 2. The van der Waals surface area contributed by atoms with Crippen molar-refractivity contribution in [2.45, 2.75) is 6.54 Å². The van der Waals surface area contributed by atoms with E-state index in [0.717, 1.165) is 12.1 Å². The lowest BCUT2D eigenvalue weighted by atomic mass is 10.3. The Labute approximate surface area is 104 Å². The molecule has 0 atom stereocenters. The van der Waals surface area contributed by atoms with Gasteiger partial charge >= 0.3 is 6.03 Å². The molecule has 1 aliphatic rings. The molecule has 2 heterocycles. The second-order valence-corrected chi connectivity index (χ2v) is 4.46. The van der Waals surface area contributed by atoms with Crippen molar-refractivity contribution in [3.63, 3.8) is 0 Å². The number of oxazole rings is 1. The summed E-state index contributed by atoms with van der Waals surface area (Å²) in [6.07, 6.45) is 0. The molecule has 1 aliphatic heterocycles. The van der Waals surface area contributed by atoms with Gasteiger partial charge in [-0.15, -0.1) is 0 Å². The molecule has 6 heteroatoms. The Hall–Kier alpha value is -2.24. The molecule has 2 N–H and O–H groups in total. The van der Waals surface area contributed by atoms with Gasteiger partial charge in [0.25, 0.3) is 0 Å². The third-order valence-corrected chi connectivity index (χ3v) is 3.09. The largest absolute Gasteiger partial charge is 0.439 e. The maximum atomic E-state index is 11.7. The zero-order valence-corrected chi connectivity index (χ0v) is 10.1. The highest BCUT2D eigenvalue weighted by Gasteiger charge is 2.26. The summed E-state index contributed by atoms with van der Waals surface area (Å²) < 4.78 is 5.59. The van der Waals surface area contributed by atoms with Crippen LogP contribution in [0.1, 0.15) is 5.89 Å². The molecular formula is C12H14N4O2. The van der Waals surface area contributed by atoms with E-state index in [1.165, 1.54) is 0 Å². The Balaban J connectivity index is 1.85. The lowest BCUT2D eigenvalue weighted by Crippen LogP contribution is -2.29. The minimum atomic E-state index is 0.0109. The molecule has 1 aromatic carbocycles. The SMILES string of the molecule is CN1CCN(Cc2nc3ccc(N)cc3o2)C1=O. The molecule has 2 amide bonds. The van der Waals surface area contributed by atoms with Crippen molar-refractivity contribution in [1.82, 2.24) is 14.8 Å². The lowest BCUT2D eigenvalue weighted by molar-refractivity contribution is 0.193. The normalized spacial score (nSPS) is 15.9. The van der Waals surface area contributed by atoms with Gasteiger partial charge < -0.3 is 20.0 Å². The highest BCUT2D eigenvalue weighted by molar-refractivity contribution is 5.77. The maximum Gasteiger partial charge on any atom is 0.320 e. The topological polar surface area (TPSA) is 75.6 Å². The van der Waals surface area contributed by atoms with Crippen molar-refractivity contribution < 1.29 is 9.21 Å². The van der Waals surface area contributed by atoms with Crippen LogP contribution in [0.3, 0.4) is 0 Å². The Morgan fingerprint density at radius 3 is 3.00 bits per heavy atom. The molecule has 6 nitrogen and oxygen atoms in total. The average molecular weight is 246 g/mol. The molecule has 1 aromatic heterocycles. The summed E-state index contributed by atoms with van der Waals surface area (Å²) in [4.78, 5) is 19.5. The average Bonchev–Trinajstić information content (AvgIpc) is 2.86. The fraction of sp³-hybridized carbons (Fsp3) is 0.333. The van der Waals surface area contributed by atoms with E-state index >= 15 is 0 Å². The molecule has 0 aliphatic carbocycles. The Morgan fingerprint density at radius 1 is 1.44 bits per heavy atom. The molecule has 2 aromatic rings. The van der Waals surface area contributed by atoms with E-state index in [-0.39, 0.29) is 6.03 Å². The van der Waals surface area contributed by atoms with Crippen LogP contribution in [0.2, 0.25) is 0 Å². The van der Waals surface area contributed by atoms with E-state index in [1.54, 1.807) is 29.0 Å². The van der Waals surface area contributed by atoms with Crippen molar-refractivity contribution in [2.24, 2.45) is 0 Å². The summed E-state index contributed by atoms with van der Waals surface area (Å²) in [6.45, 7) is 1.85. The molecule has 0 saturated carbocycles. The van der Waals surface area contributed by atoms with Gasteiger partial charge in [-0.2, -0.15) is 0 Å². The number of hydrogen-bond acceptors (Lipinski definition) is 4. The van der Waals surface area contributed by atoms with Crippen molar-refractivity contribution in [3.05, 3.63) is 24.1 Å². The maximum absolute atomic E-state index is 11.7. The van der Waals surface area contributed by atoms with E-state index in [4.69, 9.17) is 10.2 Å². The number of rotatable bonds is 2. The summed E-state index contributed by atoms with van der Waals surface area (Å²) >= 11 is 0. The Morgan fingerprint density at radius 2 is 2.28 bits per heavy atom. The van der Waals surface area contributed by atoms with E-state index in [2.05, 4.69) is 4.98 Å². The summed E-state index contributed by atoms with van der Waals surface area (Å²) in [6, 6.07) is 5.35. The molecular weight excluding hydrogens is 232 g/mol. The number of likely N-dealkylation sites (N-methyl/N-ethyl adjacent to an activating group) is 1. The van der Waals surface area contributed by atoms with Crippen molar-refractivity contribution >= 4 is 22.8 Å². The second-order valence-electron chi connectivity index (χ2n) is 4.46. The molecule has 1 saturated heterocycles. The quantitative estimate of drug-likeness (QED) is 0.810. The van der Waals surface area contributed by atoms with Gasteiger partial charge in [0, 0.05) is 31.9 Å². The molecule has 0 unspecified atom stereocenters. The van der Waals surface area contributed by atoms with Gasteiger partial charge in [0.2, 0.25) is 5.89 Å². The first-order valence-corrected chi connectivity index (χ1v) is 5.78. The number of urea groups is 1. The number of benzene rings is 1. The molecule has 94 valence electrons. The lowest BCUT2D eigenvalue weighted by Gasteiger charge is -2.13. The fourth-order valence-electron chi connectivity index (χ4n) is 2.07. The minimum Gasteiger partial charge on any atom is -0.439 e. The zero-order valence-electron chi connectivity index (χ0n) is 10.1. The summed E-state index contributed by atoms with van der Waals surface area (Å²) in [5.41, 5.74) is 7.74. The number of fused-ring (bicyclic) bond motifs is 1. The first kappa shape index (κ1) is 10.9. The highest BCUT2D eigenvalue weighted by Crippen LogP contribution is 2.20. The van der Waals surface area contributed by atoms with Crippen LogP contribution in [0.25, 0.3) is 11.1 Å². The van der Waals surface area contributed by atoms with E-state index < -0.39 is 0 Å². The van der Waals surface area contributed by atoms with Crippen molar-refractivity contribution in [2.75, 3.05) is 25.9 Å². The van der Waals surface area contributed by atoms with Gasteiger partial charge in [0.15, 0.2) is 5.58 Å². The van der Waals surface area contributed by atoms with Crippen LogP contribution in [0, 0.1) is 0 Å². The molecule has 0 bridgehead atoms. The van der Waals surface area contributed by atoms with Crippen LogP contribution >= 0.6 is 0 Å². The minimum absolute atomic E-state index is 0.0109. The number of hydrogen-bond donors (Lipinski definition) is 1. The third-order valence-electron chi connectivity index (χ3n) is 3.09. The predicted octanol–water partition coefficient (Wildman–Crippen LogP) is 1.28. The van der Waals surface area contributed by atoms with Crippen LogP contribution in [0.4, 0.5) is 10.5 Å². The van der Waals surface area contributed by atoms with Gasteiger partial charge in [0.1, 0.15) is 5.52 Å². The smallest absolute Gasteiger partial charge is 0.320 e. The summed E-state index contributed by atoms with van der Waals surface area (Å²) in [5, 5.41) is 0. The number of nitrogens with two attached hydrogens (primary N) is 1. The van der Waals surface area contributed by atoms with Gasteiger partial charge in [-0.05, 0) is 12.1 Å². The number of nitrogen functional groups attached to an aromatic ring is 1. The van der Waals surface area contributed by atoms with Crippen molar-refractivity contribution in [3.8, 4) is 0 Å². The predicted molar refractivity (Wildman–Crippen MR) is 66.9 cm³/mol. The van der Waals surface area contributed by atoms with Crippen LogP contribution in [-0.2, 0) is 6.54 Å². The number of nitrogens with zero attached hydrogens (tertiary/aromatic N) is 3. The van der Waals surface area contributed by atoms with Crippen LogP contribution < -0.4 is 5.73 Å². The number of carbonyl (C=O) groups is 1. The molecule has 18 heavy (non-hydrogen) atoms. The van der Waals surface area contributed by atoms with Crippen molar-refractivity contribution in [1.29, 1.82) is 0 Å². The van der Waals surface area contributed by atoms with E-state index in [0.29, 0.717) is 30.3 Å². The number of aromatic nitrogens is 1. The second kappa shape index (κ2) is 3.90. The summed E-state index contributed by atoms with van der Waals surface area (Å²) in [7, 11) is 1.79. The van der Waals surface area contributed by atoms with Gasteiger partial charge in [-0.25, -0.2) is 9.78 Å². The first-order chi connectivity index (χ1) is 8.63.